The fourth-order valence-electron chi connectivity index (χ4n) is 0.498. The van der Waals surface area contributed by atoms with Crippen LogP contribution in [0.1, 0.15) is 13.8 Å². The fraction of sp³-hybridized carbons (Fsp3) is 0.667. The first-order valence-corrected chi connectivity index (χ1v) is 4.13. The Morgan fingerprint density at radius 2 is 2.36 bits per heavy atom. The van der Waals surface area contributed by atoms with Gasteiger partial charge in [-0.15, -0.1) is 0 Å². The standard InChI is InChI=1S/C6H12N2O2S/c1-3-10-5(9)4(2)11-6(7)8/h4H,3H2,1-2H3,(H3,7,8). The van der Waals surface area contributed by atoms with Gasteiger partial charge >= 0.3 is 5.97 Å². The molecule has 0 aliphatic rings. The summed E-state index contributed by atoms with van der Waals surface area (Å²) >= 11 is 0.989. The number of ether oxygens (including phenoxy) is 1. The van der Waals surface area contributed by atoms with Crippen LogP contribution in [-0.4, -0.2) is 23.0 Å². The Labute approximate surface area is 70.0 Å². The largest absolute Gasteiger partial charge is 0.465 e. The number of thioether (sulfide) groups is 1. The van der Waals surface area contributed by atoms with Crippen molar-refractivity contribution in [2.45, 2.75) is 19.1 Å². The van der Waals surface area contributed by atoms with Crippen LogP contribution >= 0.6 is 11.8 Å². The van der Waals surface area contributed by atoms with Crippen molar-refractivity contribution in [1.29, 1.82) is 5.41 Å². The van der Waals surface area contributed by atoms with Crippen LogP contribution in [0, 0.1) is 5.41 Å². The minimum atomic E-state index is -0.382. The lowest BCUT2D eigenvalue weighted by Gasteiger charge is -2.07. The maximum atomic E-state index is 10.9. The quantitative estimate of drug-likeness (QED) is 0.374. The molecule has 0 aliphatic carbocycles. The van der Waals surface area contributed by atoms with Gasteiger partial charge in [-0.2, -0.15) is 0 Å². The third kappa shape index (κ3) is 4.66. The van der Waals surface area contributed by atoms with Gasteiger partial charge in [0.05, 0.1) is 6.61 Å². The van der Waals surface area contributed by atoms with Crippen LogP contribution in [0.2, 0.25) is 0 Å². The van der Waals surface area contributed by atoms with Crippen LogP contribution in [0.4, 0.5) is 0 Å². The van der Waals surface area contributed by atoms with Crippen molar-refractivity contribution in [2.75, 3.05) is 6.61 Å². The molecule has 0 radical (unpaired) electrons. The van der Waals surface area contributed by atoms with Gasteiger partial charge in [0.1, 0.15) is 5.25 Å². The summed E-state index contributed by atoms with van der Waals surface area (Å²) < 4.78 is 4.69. The molecule has 0 aromatic rings. The van der Waals surface area contributed by atoms with Gasteiger partial charge < -0.3 is 10.5 Å². The molecule has 0 amide bonds. The topological polar surface area (TPSA) is 76.2 Å². The van der Waals surface area contributed by atoms with Crippen LogP contribution in [-0.2, 0) is 9.53 Å². The smallest absolute Gasteiger partial charge is 0.319 e. The highest BCUT2D eigenvalue weighted by molar-refractivity contribution is 8.14. The van der Waals surface area contributed by atoms with Crippen molar-refractivity contribution >= 4 is 22.9 Å². The van der Waals surface area contributed by atoms with Crippen LogP contribution in [0.25, 0.3) is 0 Å². The molecule has 0 bridgehead atoms. The molecular formula is C6H12N2O2S. The van der Waals surface area contributed by atoms with Crippen LogP contribution in [0.5, 0.6) is 0 Å². The molecule has 0 rings (SSSR count). The van der Waals surface area contributed by atoms with Crippen molar-refractivity contribution in [1.82, 2.24) is 0 Å². The summed E-state index contributed by atoms with van der Waals surface area (Å²) in [6.45, 7) is 3.76. The van der Waals surface area contributed by atoms with Gasteiger partial charge in [0.25, 0.3) is 0 Å². The van der Waals surface area contributed by atoms with E-state index in [1.165, 1.54) is 0 Å². The second-order valence-electron chi connectivity index (χ2n) is 1.88. The highest BCUT2D eigenvalue weighted by Gasteiger charge is 2.14. The van der Waals surface area contributed by atoms with E-state index >= 15 is 0 Å². The van der Waals surface area contributed by atoms with Gasteiger partial charge in [-0.25, -0.2) is 0 Å². The molecule has 11 heavy (non-hydrogen) atoms. The summed E-state index contributed by atoms with van der Waals surface area (Å²) in [6.07, 6.45) is 0. The van der Waals surface area contributed by atoms with Gasteiger partial charge in [-0.3, -0.25) is 10.2 Å². The average Bonchev–Trinajstić information content (AvgIpc) is 1.86. The Balaban J connectivity index is 3.73. The third-order valence-corrected chi connectivity index (χ3v) is 1.72. The average molecular weight is 176 g/mol. The number of hydrogen-bond donors (Lipinski definition) is 2. The van der Waals surface area contributed by atoms with Crippen molar-refractivity contribution in [2.24, 2.45) is 5.73 Å². The second kappa shape index (κ2) is 5.01. The van der Waals surface area contributed by atoms with Crippen molar-refractivity contribution in [3.05, 3.63) is 0 Å². The van der Waals surface area contributed by atoms with E-state index in [2.05, 4.69) is 0 Å². The van der Waals surface area contributed by atoms with E-state index < -0.39 is 0 Å². The zero-order chi connectivity index (χ0) is 8.85. The normalized spacial score (nSPS) is 12.2. The van der Waals surface area contributed by atoms with E-state index in [0.717, 1.165) is 11.8 Å². The molecule has 64 valence electrons. The Kier molecular flexibility index (Phi) is 4.69. The Morgan fingerprint density at radius 3 is 2.73 bits per heavy atom. The lowest BCUT2D eigenvalue weighted by atomic mass is 10.5. The molecule has 3 N–H and O–H groups in total. The number of amidine groups is 1. The fourth-order valence-corrected chi connectivity index (χ4v) is 1.04. The van der Waals surface area contributed by atoms with E-state index in [-0.39, 0.29) is 16.4 Å². The molecule has 0 aromatic carbocycles. The van der Waals surface area contributed by atoms with Crippen LogP contribution in [0.3, 0.4) is 0 Å². The van der Waals surface area contributed by atoms with E-state index in [9.17, 15) is 4.79 Å². The van der Waals surface area contributed by atoms with Gasteiger partial charge in [0.2, 0.25) is 0 Å². The summed E-state index contributed by atoms with van der Waals surface area (Å²) in [5.41, 5.74) is 5.07. The number of hydrogen-bond acceptors (Lipinski definition) is 4. The zero-order valence-corrected chi connectivity index (χ0v) is 7.40. The highest BCUT2D eigenvalue weighted by atomic mass is 32.2. The maximum absolute atomic E-state index is 10.9. The molecule has 0 spiro atoms. The van der Waals surface area contributed by atoms with Crippen molar-refractivity contribution < 1.29 is 9.53 Å². The van der Waals surface area contributed by atoms with Gasteiger partial charge in [-0.1, -0.05) is 11.8 Å². The second-order valence-corrected chi connectivity index (χ2v) is 3.26. The Hall–Kier alpha value is -0.710. The lowest BCUT2D eigenvalue weighted by molar-refractivity contribution is -0.142. The molecule has 1 unspecified atom stereocenters. The van der Waals surface area contributed by atoms with Crippen molar-refractivity contribution in [3.63, 3.8) is 0 Å². The molecular weight excluding hydrogens is 164 g/mol. The van der Waals surface area contributed by atoms with Gasteiger partial charge in [-0.05, 0) is 13.8 Å². The Morgan fingerprint density at radius 1 is 1.82 bits per heavy atom. The first kappa shape index (κ1) is 10.3. The molecule has 4 nitrogen and oxygen atoms in total. The highest BCUT2D eigenvalue weighted by Crippen LogP contribution is 2.10. The van der Waals surface area contributed by atoms with E-state index in [1.807, 2.05) is 0 Å². The summed E-state index contributed by atoms with van der Waals surface area (Å²) in [5, 5.41) is 6.44. The van der Waals surface area contributed by atoms with Crippen molar-refractivity contribution in [3.8, 4) is 0 Å². The maximum Gasteiger partial charge on any atom is 0.319 e. The summed E-state index contributed by atoms with van der Waals surface area (Å²) in [5.74, 6) is -0.326. The number of rotatable bonds is 3. The number of nitrogens with one attached hydrogen (secondary N) is 1. The monoisotopic (exact) mass is 176 g/mol. The van der Waals surface area contributed by atoms with Crippen LogP contribution in [0.15, 0.2) is 0 Å². The molecule has 0 saturated heterocycles. The van der Waals surface area contributed by atoms with E-state index in [0.29, 0.717) is 6.61 Å². The summed E-state index contributed by atoms with van der Waals surface area (Å²) in [4.78, 5) is 10.9. The van der Waals surface area contributed by atoms with Crippen LogP contribution < -0.4 is 5.73 Å². The number of esters is 1. The number of nitrogens with two attached hydrogens (primary N) is 1. The SMILES string of the molecule is CCOC(=O)C(C)SC(=N)N. The molecule has 0 saturated carbocycles. The summed E-state index contributed by atoms with van der Waals surface area (Å²) in [6, 6.07) is 0. The van der Waals surface area contributed by atoms with Gasteiger partial charge in [0, 0.05) is 0 Å². The zero-order valence-electron chi connectivity index (χ0n) is 6.59. The van der Waals surface area contributed by atoms with E-state index in [4.69, 9.17) is 15.9 Å². The third-order valence-electron chi connectivity index (χ3n) is 0.922. The number of carbonyl (C=O) groups is 1. The minimum absolute atomic E-state index is 0.0643. The molecule has 0 aliphatic heterocycles. The van der Waals surface area contributed by atoms with E-state index in [1.54, 1.807) is 13.8 Å². The molecule has 0 aromatic heterocycles. The number of carbonyl (C=O) groups excluding carboxylic acids is 1. The Bertz CT molecular complexity index is 161. The first-order valence-electron chi connectivity index (χ1n) is 3.25. The summed E-state index contributed by atoms with van der Waals surface area (Å²) in [7, 11) is 0. The first-order chi connectivity index (χ1) is 5.07. The van der Waals surface area contributed by atoms with Gasteiger partial charge in [0.15, 0.2) is 5.17 Å². The predicted octanol–water partition coefficient (Wildman–Crippen LogP) is 0.565. The predicted molar refractivity (Wildman–Crippen MR) is 45.6 cm³/mol. The molecule has 0 fully saturated rings. The minimum Gasteiger partial charge on any atom is -0.465 e. The molecule has 5 heteroatoms. The molecule has 1 atom stereocenters. The molecule has 0 heterocycles. The lowest BCUT2D eigenvalue weighted by Crippen LogP contribution is -2.20.